The Balaban J connectivity index is 2.55. The van der Waals surface area contributed by atoms with Crippen molar-refractivity contribution in [2.45, 2.75) is 0 Å². The fourth-order valence-electron chi connectivity index (χ4n) is 1.08. The Labute approximate surface area is 95.1 Å². The fraction of sp³-hybridized carbons (Fsp3) is 0. The lowest BCUT2D eigenvalue weighted by atomic mass is 10.3. The fourth-order valence-corrected chi connectivity index (χ4v) is 1.32. The van der Waals surface area contributed by atoms with Gasteiger partial charge >= 0.3 is 5.69 Å². The largest absolute Gasteiger partial charge is 0.370 e. The first kappa shape index (κ1) is 10.1. The molecular weight excluding hydrogens is 237 g/mol. The normalized spacial score (nSPS) is 10.3. The van der Waals surface area contributed by atoms with Crippen LogP contribution >= 0.6 is 23.2 Å². The van der Waals surface area contributed by atoms with Gasteiger partial charge in [0.1, 0.15) is 0 Å². The molecule has 1 heterocycles. The Morgan fingerprint density at radius 2 is 1.80 bits per heavy atom. The van der Waals surface area contributed by atoms with E-state index in [1.165, 1.54) is 6.20 Å². The van der Waals surface area contributed by atoms with Crippen LogP contribution in [0, 0.1) is 0 Å². The van der Waals surface area contributed by atoms with Crippen LogP contribution in [0.5, 0.6) is 0 Å². The molecule has 0 radical (unpaired) electrons. The molecule has 0 bridgehead atoms. The Morgan fingerprint density at radius 1 is 1.13 bits per heavy atom. The highest BCUT2D eigenvalue weighted by atomic mass is 35.5. The van der Waals surface area contributed by atoms with Gasteiger partial charge in [-0.1, -0.05) is 23.2 Å². The molecule has 0 fully saturated rings. The van der Waals surface area contributed by atoms with E-state index in [0.29, 0.717) is 10.7 Å². The maximum atomic E-state index is 11.4. The van der Waals surface area contributed by atoms with Gasteiger partial charge in [-0.2, -0.15) is 14.8 Å². The van der Waals surface area contributed by atoms with Gasteiger partial charge in [-0.15, -0.1) is 0 Å². The quantitative estimate of drug-likeness (QED) is 0.767. The maximum Gasteiger partial charge on any atom is 0.370 e. The zero-order valence-corrected chi connectivity index (χ0v) is 8.90. The van der Waals surface area contributed by atoms with Crippen LogP contribution in [0.2, 0.25) is 10.2 Å². The van der Waals surface area contributed by atoms with Crippen LogP contribution in [-0.2, 0) is 0 Å². The molecule has 6 heteroatoms. The SMILES string of the molecule is O=c1nc(Cl)cnn1-c1ccc(Cl)cc1. The first-order chi connectivity index (χ1) is 7.16. The summed E-state index contributed by atoms with van der Waals surface area (Å²) in [4.78, 5) is 14.9. The molecule has 0 atom stereocenters. The van der Waals surface area contributed by atoms with Gasteiger partial charge in [0.05, 0.1) is 11.9 Å². The van der Waals surface area contributed by atoms with E-state index in [-0.39, 0.29) is 5.15 Å². The summed E-state index contributed by atoms with van der Waals surface area (Å²) in [7, 11) is 0. The topological polar surface area (TPSA) is 47.8 Å². The molecule has 4 nitrogen and oxygen atoms in total. The zero-order chi connectivity index (χ0) is 10.8. The summed E-state index contributed by atoms with van der Waals surface area (Å²) < 4.78 is 1.14. The van der Waals surface area contributed by atoms with E-state index in [0.717, 1.165) is 4.68 Å². The van der Waals surface area contributed by atoms with Gasteiger partial charge in [-0.3, -0.25) is 0 Å². The van der Waals surface area contributed by atoms with E-state index in [1.54, 1.807) is 24.3 Å². The molecule has 0 amide bonds. The van der Waals surface area contributed by atoms with Gasteiger partial charge in [-0.25, -0.2) is 4.79 Å². The van der Waals surface area contributed by atoms with Gasteiger partial charge in [0, 0.05) is 5.02 Å². The predicted molar refractivity (Wildman–Crippen MR) is 57.6 cm³/mol. The number of benzene rings is 1. The monoisotopic (exact) mass is 241 g/mol. The highest BCUT2D eigenvalue weighted by Crippen LogP contribution is 2.11. The molecule has 0 aliphatic heterocycles. The summed E-state index contributed by atoms with van der Waals surface area (Å²) in [5, 5.41) is 4.51. The Hall–Kier alpha value is -1.39. The van der Waals surface area contributed by atoms with E-state index in [4.69, 9.17) is 23.2 Å². The van der Waals surface area contributed by atoms with Crippen molar-refractivity contribution in [3.8, 4) is 5.69 Å². The lowest BCUT2D eigenvalue weighted by Gasteiger charge is -2.02. The molecule has 1 aromatic carbocycles. The maximum absolute atomic E-state index is 11.4. The summed E-state index contributed by atoms with van der Waals surface area (Å²) in [5.41, 5.74) is 0.0680. The van der Waals surface area contributed by atoms with Crippen LogP contribution in [0.4, 0.5) is 0 Å². The highest BCUT2D eigenvalue weighted by molar-refractivity contribution is 6.30. The predicted octanol–water partition coefficient (Wildman–Crippen LogP) is 1.93. The van der Waals surface area contributed by atoms with Crippen molar-refractivity contribution < 1.29 is 0 Å². The van der Waals surface area contributed by atoms with E-state index in [9.17, 15) is 4.79 Å². The minimum absolute atomic E-state index is 0.0743. The van der Waals surface area contributed by atoms with Crippen molar-refractivity contribution in [1.29, 1.82) is 0 Å². The minimum Gasteiger partial charge on any atom is -0.244 e. The van der Waals surface area contributed by atoms with Crippen LogP contribution < -0.4 is 5.69 Å². The molecule has 0 aliphatic carbocycles. The Kier molecular flexibility index (Phi) is 2.70. The van der Waals surface area contributed by atoms with Crippen molar-refractivity contribution in [3.05, 3.63) is 51.1 Å². The van der Waals surface area contributed by atoms with Gasteiger partial charge in [0.25, 0.3) is 0 Å². The third-order valence-electron chi connectivity index (χ3n) is 1.73. The summed E-state index contributed by atoms with van der Waals surface area (Å²) in [6.07, 6.45) is 1.30. The van der Waals surface area contributed by atoms with E-state index in [2.05, 4.69) is 10.1 Å². The molecule has 0 N–H and O–H groups in total. The molecular formula is C9H5Cl2N3O. The minimum atomic E-state index is -0.523. The van der Waals surface area contributed by atoms with Crippen LogP contribution in [0.25, 0.3) is 5.69 Å². The Morgan fingerprint density at radius 3 is 2.40 bits per heavy atom. The highest BCUT2D eigenvalue weighted by Gasteiger charge is 2.02. The second kappa shape index (κ2) is 4.00. The molecule has 76 valence electrons. The number of hydrogen-bond donors (Lipinski definition) is 0. The van der Waals surface area contributed by atoms with Crippen LogP contribution in [-0.4, -0.2) is 14.8 Å². The lowest BCUT2D eigenvalue weighted by molar-refractivity contribution is 0.762. The first-order valence-corrected chi connectivity index (χ1v) is 4.80. The average molecular weight is 242 g/mol. The molecule has 15 heavy (non-hydrogen) atoms. The number of nitrogens with zero attached hydrogens (tertiary/aromatic N) is 3. The Bertz CT molecular complexity index is 536. The van der Waals surface area contributed by atoms with Crippen molar-refractivity contribution in [2.24, 2.45) is 0 Å². The molecule has 2 rings (SSSR count). The summed E-state index contributed by atoms with van der Waals surface area (Å²) >= 11 is 11.2. The molecule has 0 saturated carbocycles. The van der Waals surface area contributed by atoms with Gasteiger partial charge in [0.2, 0.25) is 0 Å². The molecule has 0 aliphatic rings. The van der Waals surface area contributed by atoms with Gasteiger partial charge in [-0.05, 0) is 24.3 Å². The number of hydrogen-bond acceptors (Lipinski definition) is 3. The molecule has 2 aromatic rings. The lowest BCUT2D eigenvalue weighted by Crippen LogP contribution is -2.23. The first-order valence-electron chi connectivity index (χ1n) is 4.04. The summed E-state index contributed by atoms with van der Waals surface area (Å²) in [6, 6.07) is 6.68. The van der Waals surface area contributed by atoms with E-state index in [1.807, 2.05) is 0 Å². The van der Waals surface area contributed by atoms with Crippen molar-refractivity contribution in [3.63, 3.8) is 0 Å². The number of aromatic nitrogens is 3. The van der Waals surface area contributed by atoms with Crippen LogP contribution in [0.3, 0.4) is 0 Å². The molecule has 0 unspecified atom stereocenters. The molecule has 0 saturated heterocycles. The summed E-state index contributed by atoms with van der Waals surface area (Å²) in [5.74, 6) is 0. The van der Waals surface area contributed by atoms with Crippen molar-refractivity contribution >= 4 is 23.2 Å². The summed E-state index contributed by atoms with van der Waals surface area (Å²) in [6.45, 7) is 0. The van der Waals surface area contributed by atoms with Crippen LogP contribution in [0.15, 0.2) is 35.3 Å². The second-order valence-corrected chi connectivity index (χ2v) is 3.57. The third-order valence-corrected chi connectivity index (χ3v) is 2.17. The number of rotatable bonds is 1. The smallest absolute Gasteiger partial charge is 0.244 e. The standard InChI is InChI=1S/C9H5Cl2N3O/c10-6-1-3-7(4-2-6)14-9(15)13-8(11)5-12-14/h1-5H. The van der Waals surface area contributed by atoms with E-state index < -0.39 is 5.69 Å². The molecule has 1 aromatic heterocycles. The zero-order valence-electron chi connectivity index (χ0n) is 7.39. The number of halogens is 2. The third kappa shape index (κ3) is 2.16. The van der Waals surface area contributed by atoms with Gasteiger partial charge in [0.15, 0.2) is 5.15 Å². The van der Waals surface area contributed by atoms with Crippen molar-refractivity contribution in [1.82, 2.24) is 14.8 Å². The average Bonchev–Trinajstić information content (AvgIpc) is 2.20. The van der Waals surface area contributed by atoms with Crippen LogP contribution in [0.1, 0.15) is 0 Å². The molecule has 0 spiro atoms. The van der Waals surface area contributed by atoms with Gasteiger partial charge < -0.3 is 0 Å². The van der Waals surface area contributed by atoms with Crippen molar-refractivity contribution in [2.75, 3.05) is 0 Å². The second-order valence-electron chi connectivity index (χ2n) is 2.75. The van der Waals surface area contributed by atoms with E-state index >= 15 is 0 Å².